The third-order valence-electron chi connectivity index (χ3n) is 2.18. The molecule has 14 heavy (non-hydrogen) atoms. The fourth-order valence-corrected chi connectivity index (χ4v) is 1.64. The Labute approximate surface area is 117 Å². The normalized spacial score (nSPS) is 18.8. The van der Waals surface area contributed by atoms with Gasteiger partial charge in [0.05, 0.1) is 9.20 Å². The molecular weight excluding hydrogens is 395 g/mol. The van der Waals surface area contributed by atoms with Crippen molar-refractivity contribution in [1.29, 1.82) is 0 Å². The van der Waals surface area contributed by atoms with Gasteiger partial charge in [0, 0.05) is 9.31 Å². The zero-order valence-electron chi connectivity index (χ0n) is 8.71. The summed E-state index contributed by atoms with van der Waals surface area (Å²) < 4.78 is 0.915. The molecule has 0 heterocycles. The fourth-order valence-electron chi connectivity index (χ4n) is 0.877. The largest absolute Gasteiger partial charge is 0.119 e. The molecule has 0 bridgehead atoms. The molecule has 0 rings (SSSR count). The number of hydrogen-bond donors (Lipinski definition) is 0. The Kier molecular flexibility index (Phi) is 6.29. The number of hydrogen-bond acceptors (Lipinski definition) is 0. The van der Waals surface area contributed by atoms with Crippen molar-refractivity contribution in [2.75, 3.05) is 0 Å². The second-order valence-corrected chi connectivity index (χ2v) is 8.96. The lowest BCUT2D eigenvalue weighted by molar-refractivity contribution is 0.565. The van der Waals surface area contributed by atoms with Crippen molar-refractivity contribution in [3.05, 3.63) is 11.1 Å². The minimum atomic E-state index is -0.212. The maximum absolute atomic E-state index is 6.20. The lowest BCUT2D eigenvalue weighted by Gasteiger charge is -2.27. The Bertz CT molecular complexity index is 206. The monoisotopic (exact) mass is 408 g/mol. The SMILES string of the molecule is C=C(Br)C(C)(Br)CCC(Br)C(C)(C)Cl. The van der Waals surface area contributed by atoms with Crippen LogP contribution in [0.3, 0.4) is 0 Å². The van der Waals surface area contributed by atoms with Gasteiger partial charge in [-0.15, -0.1) is 11.6 Å². The number of alkyl halides is 3. The summed E-state index contributed by atoms with van der Waals surface area (Å²) in [6, 6.07) is 0. The van der Waals surface area contributed by atoms with E-state index in [4.69, 9.17) is 11.6 Å². The molecule has 0 aromatic rings. The molecule has 0 amide bonds. The molecule has 0 aliphatic heterocycles. The van der Waals surface area contributed by atoms with E-state index in [1.807, 2.05) is 13.8 Å². The van der Waals surface area contributed by atoms with Gasteiger partial charge in [0.15, 0.2) is 0 Å². The van der Waals surface area contributed by atoms with Gasteiger partial charge in [0.2, 0.25) is 0 Å². The first kappa shape index (κ1) is 15.5. The summed E-state index contributed by atoms with van der Waals surface area (Å²) in [7, 11) is 0. The molecule has 0 fully saturated rings. The van der Waals surface area contributed by atoms with Gasteiger partial charge in [-0.2, -0.15) is 0 Å². The zero-order valence-corrected chi connectivity index (χ0v) is 14.2. The van der Waals surface area contributed by atoms with Crippen LogP contribution in [0.2, 0.25) is 0 Å². The van der Waals surface area contributed by atoms with Gasteiger partial charge in [-0.3, -0.25) is 0 Å². The zero-order chi connectivity index (χ0) is 11.6. The van der Waals surface area contributed by atoms with Gasteiger partial charge in [-0.05, 0) is 33.6 Å². The number of allylic oxidation sites excluding steroid dienone is 1. The highest BCUT2D eigenvalue weighted by Crippen LogP contribution is 2.38. The van der Waals surface area contributed by atoms with E-state index in [-0.39, 0.29) is 9.20 Å². The van der Waals surface area contributed by atoms with Crippen molar-refractivity contribution < 1.29 is 0 Å². The second kappa shape index (κ2) is 5.70. The third kappa shape index (κ3) is 5.53. The Balaban J connectivity index is 4.13. The van der Waals surface area contributed by atoms with Gasteiger partial charge in [-0.1, -0.05) is 54.4 Å². The molecule has 84 valence electrons. The maximum atomic E-state index is 6.20. The Morgan fingerprint density at radius 3 is 2.14 bits per heavy atom. The van der Waals surface area contributed by atoms with Gasteiger partial charge >= 0.3 is 0 Å². The van der Waals surface area contributed by atoms with Crippen LogP contribution in [-0.4, -0.2) is 14.0 Å². The molecule has 0 aliphatic carbocycles. The van der Waals surface area contributed by atoms with Crippen molar-refractivity contribution in [3.63, 3.8) is 0 Å². The molecule has 4 heteroatoms. The highest BCUT2D eigenvalue weighted by Gasteiger charge is 2.29. The van der Waals surface area contributed by atoms with Crippen molar-refractivity contribution in [2.45, 2.75) is 47.6 Å². The highest BCUT2D eigenvalue weighted by atomic mass is 79.9. The quantitative estimate of drug-likeness (QED) is 0.516. The minimum Gasteiger partial charge on any atom is -0.119 e. The predicted octanol–water partition coefficient (Wildman–Crippen LogP) is 5.61. The van der Waals surface area contributed by atoms with Crippen LogP contribution < -0.4 is 0 Å². The molecule has 0 aromatic heterocycles. The highest BCUT2D eigenvalue weighted by molar-refractivity contribution is 9.14. The van der Waals surface area contributed by atoms with Crippen LogP contribution in [0, 0.1) is 0 Å². The molecule has 0 aromatic carbocycles. The van der Waals surface area contributed by atoms with Crippen LogP contribution in [0.25, 0.3) is 0 Å². The first-order valence-corrected chi connectivity index (χ1v) is 7.32. The van der Waals surface area contributed by atoms with Crippen LogP contribution in [0.5, 0.6) is 0 Å². The van der Waals surface area contributed by atoms with E-state index in [0.29, 0.717) is 4.83 Å². The molecule has 0 spiro atoms. The van der Waals surface area contributed by atoms with E-state index in [0.717, 1.165) is 17.3 Å². The van der Waals surface area contributed by atoms with Crippen molar-refractivity contribution in [2.24, 2.45) is 0 Å². The Hall–Kier alpha value is 1.47. The van der Waals surface area contributed by atoms with Gasteiger partial charge < -0.3 is 0 Å². The first-order valence-electron chi connectivity index (χ1n) is 4.44. The first-order chi connectivity index (χ1) is 6.07. The number of rotatable bonds is 5. The standard InChI is InChI=1S/C10H16Br3Cl/c1-7(11)10(4,13)6-5-8(12)9(2,3)14/h8H,1,5-6H2,2-4H3. The van der Waals surface area contributed by atoms with Crippen molar-refractivity contribution >= 4 is 59.4 Å². The molecular formula is C10H16Br3Cl. The summed E-state index contributed by atoms with van der Waals surface area (Å²) in [5.41, 5.74) is 0. The summed E-state index contributed by atoms with van der Waals surface area (Å²) in [5.74, 6) is 0. The fraction of sp³-hybridized carbons (Fsp3) is 0.800. The Morgan fingerprint density at radius 1 is 1.43 bits per heavy atom. The molecule has 0 saturated heterocycles. The molecule has 0 radical (unpaired) electrons. The summed E-state index contributed by atoms with van der Waals surface area (Å²) in [6.07, 6.45) is 1.99. The van der Waals surface area contributed by atoms with E-state index in [1.165, 1.54) is 0 Å². The average Bonchev–Trinajstić information content (AvgIpc) is 1.98. The van der Waals surface area contributed by atoms with Crippen LogP contribution in [0.15, 0.2) is 11.1 Å². The van der Waals surface area contributed by atoms with Crippen LogP contribution in [0.1, 0.15) is 33.6 Å². The third-order valence-corrected chi connectivity index (χ3v) is 6.59. The van der Waals surface area contributed by atoms with Crippen LogP contribution in [0.4, 0.5) is 0 Å². The van der Waals surface area contributed by atoms with Crippen LogP contribution >= 0.6 is 59.4 Å². The molecule has 0 saturated carbocycles. The predicted molar refractivity (Wildman–Crippen MR) is 77.3 cm³/mol. The summed E-state index contributed by atoms with van der Waals surface area (Å²) in [6.45, 7) is 10.0. The van der Waals surface area contributed by atoms with Gasteiger partial charge in [0.25, 0.3) is 0 Å². The smallest absolute Gasteiger partial charge is 0.0537 e. The Morgan fingerprint density at radius 2 is 1.86 bits per heavy atom. The van der Waals surface area contributed by atoms with E-state index in [9.17, 15) is 0 Å². The van der Waals surface area contributed by atoms with E-state index in [2.05, 4.69) is 61.3 Å². The van der Waals surface area contributed by atoms with Crippen LogP contribution in [-0.2, 0) is 0 Å². The van der Waals surface area contributed by atoms with E-state index < -0.39 is 0 Å². The minimum absolute atomic E-state index is 0.0544. The molecule has 2 atom stereocenters. The topological polar surface area (TPSA) is 0 Å². The molecule has 0 N–H and O–H groups in total. The molecule has 2 unspecified atom stereocenters. The molecule has 0 nitrogen and oxygen atoms in total. The van der Waals surface area contributed by atoms with Gasteiger partial charge in [0.1, 0.15) is 0 Å². The molecule has 0 aliphatic rings. The second-order valence-electron chi connectivity index (χ2n) is 4.17. The summed E-state index contributed by atoms with van der Waals surface area (Å²) >= 11 is 16.8. The maximum Gasteiger partial charge on any atom is 0.0537 e. The van der Waals surface area contributed by atoms with Crippen molar-refractivity contribution in [1.82, 2.24) is 0 Å². The lowest BCUT2D eigenvalue weighted by atomic mass is 9.99. The summed E-state index contributed by atoms with van der Waals surface area (Å²) in [5, 5.41) is 0. The number of halogens is 4. The van der Waals surface area contributed by atoms with E-state index in [1.54, 1.807) is 0 Å². The van der Waals surface area contributed by atoms with Crippen molar-refractivity contribution in [3.8, 4) is 0 Å². The average molecular weight is 411 g/mol. The van der Waals surface area contributed by atoms with E-state index >= 15 is 0 Å². The van der Waals surface area contributed by atoms with Gasteiger partial charge in [-0.25, -0.2) is 0 Å². The summed E-state index contributed by atoms with van der Waals surface area (Å²) in [4.78, 5) is 0.0943. The lowest BCUT2D eigenvalue weighted by Crippen LogP contribution is -2.27.